The number of rotatable bonds is 3. The number of nitrogens with one attached hydrogen (secondary N) is 2. The lowest BCUT2D eigenvalue weighted by Gasteiger charge is -2.10. The van der Waals surface area contributed by atoms with E-state index in [1.807, 2.05) is 13.8 Å². The Balaban J connectivity index is 3.77. The fourth-order valence-electron chi connectivity index (χ4n) is 0.501. The fourth-order valence-corrected chi connectivity index (χ4v) is 1.45. The van der Waals surface area contributed by atoms with E-state index in [2.05, 4.69) is 10.0 Å². The van der Waals surface area contributed by atoms with E-state index in [1.165, 1.54) is 0 Å². The Morgan fingerprint density at radius 3 is 2.33 bits per heavy atom. The van der Waals surface area contributed by atoms with Crippen molar-refractivity contribution in [2.24, 2.45) is 5.92 Å². The molecule has 0 aromatic carbocycles. The van der Waals surface area contributed by atoms with Gasteiger partial charge in [-0.25, -0.2) is 8.42 Å². The monoisotopic (exact) mass is 210 g/mol. The van der Waals surface area contributed by atoms with E-state index in [0.717, 1.165) is 6.26 Å². The standard InChI is InChI=1S/C6H14N2O2S2/c1-5(2)4-7-6(11)8-12(3,9)10/h5H,4H2,1-3H3,(H2,7,8,11). The van der Waals surface area contributed by atoms with Gasteiger partial charge < -0.3 is 5.32 Å². The summed E-state index contributed by atoms with van der Waals surface area (Å²) in [5.41, 5.74) is 0. The summed E-state index contributed by atoms with van der Waals surface area (Å²) in [5.74, 6) is 0.435. The highest BCUT2D eigenvalue weighted by Crippen LogP contribution is 1.86. The summed E-state index contributed by atoms with van der Waals surface area (Å²) in [5, 5.41) is 2.94. The molecule has 0 aliphatic carbocycles. The number of hydrogen-bond acceptors (Lipinski definition) is 3. The lowest BCUT2D eigenvalue weighted by atomic mass is 10.2. The van der Waals surface area contributed by atoms with Gasteiger partial charge in [0, 0.05) is 6.54 Å². The molecule has 12 heavy (non-hydrogen) atoms. The van der Waals surface area contributed by atoms with Crippen molar-refractivity contribution in [3.8, 4) is 0 Å². The Bertz CT molecular complexity index is 246. The van der Waals surface area contributed by atoms with Gasteiger partial charge in [0.2, 0.25) is 10.0 Å². The van der Waals surface area contributed by atoms with Gasteiger partial charge in [-0.15, -0.1) is 0 Å². The Morgan fingerprint density at radius 1 is 1.50 bits per heavy atom. The minimum Gasteiger partial charge on any atom is -0.362 e. The molecule has 0 unspecified atom stereocenters. The second kappa shape index (κ2) is 4.61. The van der Waals surface area contributed by atoms with Crippen molar-refractivity contribution in [3.05, 3.63) is 0 Å². The van der Waals surface area contributed by atoms with Crippen LogP contribution < -0.4 is 10.0 Å². The van der Waals surface area contributed by atoms with Gasteiger partial charge >= 0.3 is 0 Å². The normalized spacial score (nSPS) is 11.3. The van der Waals surface area contributed by atoms with Crippen LogP contribution in [0.5, 0.6) is 0 Å². The van der Waals surface area contributed by atoms with Crippen molar-refractivity contribution in [1.29, 1.82) is 0 Å². The van der Waals surface area contributed by atoms with Crippen LogP contribution in [0.2, 0.25) is 0 Å². The lowest BCUT2D eigenvalue weighted by molar-refractivity contribution is 0.594. The van der Waals surface area contributed by atoms with E-state index < -0.39 is 10.0 Å². The van der Waals surface area contributed by atoms with E-state index in [1.54, 1.807) is 0 Å². The van der Waals surface area contributed by atoms with Crippen molar-refractivity contribution in [3.63, 3.8) is 0 Å². The van der Waals surface area contributed by atoms with Crippen LogP contribution in [0.3, 0.4) is 0 Å². The highest BCUT2D eigenvalue weighted by atomic mass is 32.2. The molecule has 0 aromatic rings. The Kier molecular flexibility index (Phi) is 4.47. The molecular formula is C6H14N2O2S2. The highest BCUT2D eigenvalue weighted by Gasteiger charge is 2.03. The summed E-state index contributed by atoms with van der Waals surface area (Å²) >= 11 is 4.72. The zero-order chi connectivity index (χ0) is 9.78. The summed E-state index contributed by atoms with van der Waals surface area (Å²) in [6.07, 6.45) is 1.07. The molecule has 0 rings (SSSR count). The van der Waals surface area contributed by atoms with Gasteiger partial charge in [0.05, 0.1) is 6.26 Å². The zero-order valence-corrected chi connectivity index (χ0v) is 9.05. The van der Waals surface area contributed by atoms with Crippen molar-refractivity contribution < 1.29 is 8.42 Å². The van der Waals surface area contributed by atoms with Gasteiger partial charge in [-0.05, 0) is 18.1 Å². The summed E-state index contributed by atoms with van der Waals surface area (Å²) in [6, 6.07) is 0. The first-order chi connectivity index (χ1) is 5.31. The van der Waals surface area contributed by atoms with E-state index in [-0.39, 0.29) is 5.11 Å². The first-order valence-electron chi connectivity index (χ1n) is 3.57. The molecule has 0 bridgehead atoms. The molecule has 4 nitrogen and oxygen atoms in total. The van der Waals surface area contributed by atoms with Crippen LogP contribution in [0.15, 0.2) is 0 Å². The number of hydrogen-bond donors (Lipinski definition) is 2. The SMILES string of the molecule is CC(C)CNC(=S)NS(C)(=O)=O. The maximum atomic E-state index is 10.6. The predicted molar refractivity (Wildman–Crippen MR) is 53.4 cm³/mol. The van der Waals surface area contributed by atoms with Crippen LogP contribution >= 0.6 is 12.2 Å². The second-order valence-electron chi connectivity index (χ2n) is 2.98. The first kappa shape index (κ1) is 11.6. The Hall–Kier alpha value is -0.360. The van der Waals surface area contributed by atoms with Crippen LogP contribution in [0, 0.1) is 5.92 Å². The molecule has 0 aliphatic rings. The molecular weight excluding hydrogens is 196 g/mol. The molecule has 0 radical (unpaired) electrons. The zero-order valence-electron chi connectivity index (χ0n) is 7.42. The molecule has 0 saturated carbocycles. The number of sulfonamides is 1. The average molecular weight is 210 g/mol. The molecule has 0 fully saturated rings. The van der Waals surface area contributed by atoms with Gasteiger partial charge in [0.25, 0.3) is 0 Å². The number of thiocarbonyl (C=S) groups is 1. The van der Waals surface area contributed by atoms with Crippen LogP contribution in [0.4, 0.5) is 0 Å². The minimum absolute atomic E-state index is 0.159. The largest absolute Gasteiger partial charge is 0.362 e. The Labute approximate surface area is 78.8 Å². The smallest absolute Gasteiger partial charge is 0.231 e. The van der Waals surface area contributed by atoms with E-state index in [0.29, 0.717) is 12.5 Å². The summed E-state index contributed by atoms with van der Waals surface area (Å²) < 4.78 is 23.5. The summed E-state index contributed by atoms with van der Waals surface area (Å²) in [6.45, 7) is 4.69. The van der Waals surface area contributed by atoms with Crippen LogP contribution in [-0.4, -0.2) is 26.3 Å². The topological polar surface area (TPSA) is 58.2 Å². The minimum atomic E-state index is -3.22. The molecule has 0 amide bonds. The molecule has 2 N–H and O–H groups in total. The summed E-state index contributed by atoms with van der Waals surface area (Å²) in [4.78, 5) is 0. The van der Waals surface area contributed by atoms with Crippen molar-refractivity contribution in [2.75, 3.05) is 12.8 Å². The van der Waals surface area contributed by atoms with Gasteiger partial charge in [-0.2, -0.15) is 0 Å². The first-order valence-corrected chi connectivity index (χ1v) is 5.87. The van der Waals surface area contributed by atoms with E-state index in [9.17, 15) is 8.42 Å². The molecule has 0 aromatic heterocycles. The van der Waals surface area contributed by atoms with Gasteiger partial charge in [-0.3, -0.25) is 4.72 Å². The highest BCUT2D eigenvalue weighted by molar-refractivity contribution is 7.91. The second-order valence-corrected chi connectivity index (χ2v) is 5.13. The third-order valence-electron chi connectivity index (χ3n) is 0.949. The summed E-state index contributed by atoms with van der Waals surface area (Å²) in [7, 11) is -3.22. The van der Waals surface area contributed by atoms with Crippen molar-refractivity contribution in [2.45, 2.75) is 13.8 Å². The fraction of sp³-hybridized carbons (Fsp3) is 0.833. The predicted octanol–water partition coefficient (Wildman–Crippen LogP) is 0.0661. The molecule has 72 valence electrons. The van der Waals surface area contributed by atoms with Crippen molar-refractivity contribution >= 4 is 27.4 Å². The molecule has 0 heterocycles. The van der Waals surface area contributed by atoms with Crippen LogP contribution in [0.1, 0.15) is 13.8 Å². The van der Waals surface area contributed by atoms with E-state index in [4.69, 9.17) is 12.2 Å². The maximum absolute atomic E-state index is 10.6. The molecule has 0 spiro atoms. The average Bonchev–Trinajstić information content (AvgIpc) is 1.79. The van der Waals surface area contributed by atoms with Crippen LogP contribution in [0.25, 0.3) is 0 Å². The Morgan fingerprint density at radius 2 is 2.00 bits per heavy atom. The van der Waals surface area contributed by atoms with Gasteiger partial charge in [-0.1, -0.05) is 13.8 Å². The third-order valence-corrected chi connectivity index (χ3v) is 1.90. The molecule has 6 heteroatoms. The molecule has 0 aliphatic heterocycles. The molecule has 0 atom stereocenters. The maximum Gasteiger partial charge on any atom is 0.231 e. The molecule has 0 saturated heterocycles. The van der Waals surface area contributed by atoms with Crippen LogP contribution in [-0.2, 0) is 10.0 Å². The quantitative estimate of drug-likeness (QED) is 0.647. The van der Waals surface area contributed by atoms with E-state index >= 15 is 0 Å². The lowest BCUT2D eigenvalue weighted by Crippen LogP contribution is -2.40. The van der Waals surface area contributed by atoms with Crippen molar-refractivity contribution in [1.82, 2.24) is 10.0 Å². The van der Waals surface area contributed by atoms with Gasteiger partial charge in [0.1, 0.15) is 0 Å². The third kappa shape index (κ3) is 7.74. The van der Waals surface area contributed by atoms with Gasteiger partial charge in [0.15, 0.2) is 5.11 Å².